The van der Waals surface area contributed by atoms with Crippen molar-refractivity contribution in [2.45, 2.75) is 37.0 Å². The van der Waals surface area contributed by atoms with E-state index in [2.05, 4.69) is 43.9 Å². The second-order valence-electron chi connectivity index (χ2n) is 7.44. The molecule has 0 spiro atoms. The first kappa shape index (κ1) is 23.5. The largest absolute Gasteiger partial charge is 0.493 e. The fraction of sp³-hybridized carbons (Fsp3) is 0.269. The highest BCUT2D eigenvalue weighted by Crippen LogP contribution is 2.32. The quantitative estimate of drug-likeness (QED) is 0.291. The van der Waals surface area contributed by atoms with Crippen molar-refractivity contribution < 1.29 is 18.7 Å². The van der Waals surface area contributed by atoms with E-state index in [-0.39, 0.29) is 17.7 Å². The number of amides is 1. The molecule has 0 radical (unpaired) electrons. The van der Waals surface area contributed by atoms with Crippen LogP contribution in [0.5, 0.6) is 11.5 Å². The van der Waals surface area contributed by atoms with Gasteiger partial charge in [0.1, 0.15) is 5.76 Å². The Balaban J connectivity index is 1.70. The molecule has 0 saturated carbocycles. The van der Waals surface area contributed by atoms with Crippen molar-refractivity contribution in [1.82, 2.24) is 5.32 Å². The lowest BCUT2D eigenvalue weighted by Crippen LogP contribution is -2.28. The first-order valence-electron chi connectivity index (χ1n) is 10.4. The molecule has 0 aliphatic heterocycles. The number of carbonyl (C=O) groups is 1. The Morgan fingerprint density at radius 2 is 1.81 bits per heavy atom. The van der Waals surface area contributed by atoms with Crippen molar-refractivity contribution in [2.24, 2.45) is 0 Å². The fourth-order valence-corrected chi connectivity index (χ4v) is 4.52. The van der Waals surface area contributed by atoms with Gasteiger partial charge in [0.15, 0.2) is 17.3 Å². The van der Waals surface area contributed by atoms with Crippen LogP contribution in [0.25, 0.3) is 0 Å². The predicted molar refractivity (Wildman–Crippen MR) is 129 cm³/mol. The van der Waals surface area contributed by atoms with E-state index in [0.29, 0.717) is 23.7 Å². The zero-order valence-corrected chi connectivity index (χ0v) is 19.8. The van der Waals surface area contributed by atoms with Gasteiger partial charge in [-0.05, 0) is 61.2 Å². The molecule has 1 unspecified atom stereocenters. The molecule has 32 heavy (non-hydrogen) atoms. The normalized spacial score (nSPS) is 11.6. The second-order valence-corrected chi connectivity index (χ2v) is 8.43. The third-order valence-corrected chi connectivity index (χ3v) is 6.53. The molecule has 3 aromatic rings. The summed E-state index contributed by atoms with van der Waals surface area (Å²) in [4.78, 5) is 14.1. The number of ether oxygens (including phenoxy) is 2. The van der Waals surface area contributed by atoms with Crippen LogP contribution < -0.4 is 14.8 Å². The van der Waals surface area contributed by atoms with Crippen molar-refractivity contribution in [2.75, 3.05) is 14.2 Å². The maximum absolute atomic E-state index is 12.9. The maximum atomic E-state index is 12.9. The number of carbonyl (C=O) groups excluding carboxylic acids is 1. The molecule has 0 saturated heterocycles. The number of methoxy groups -OCH3 is 2. The van der Waals surface area contributed by atoms with Crippen LogP contribution in [0.3, 0.4) is 0 Å². The van der Waals surface area contributed by atoms with Crippen LogP contribution in [-0.2, 0) is 5.75 Å². The summed E-state index contributed by atoms with van der Waals surface area (Å²) in [5, 5.41) is 3.04. The van der Waals surface area contributed by atoms with E-state index in [1.807, 2.05) is 24.3 Å². The van der Waals surface area contributed by atoms with Gasteiger partial charge in [-0.2, -0.15) is 0 Å². The molecule has 0 bridgehead atoms. The van der Waals surface area contributed by atoms with E-state index in [1.165, 1.54) is 16.0 Å². The van der Waals surface area contributed by atoms with Crippen LogP contribution >= 0.6 is 11.8 Å². The Hall–Kier alpha value is -3.12. The minimum absolute atomic E-state index is 0.266. The van der Waals surface area contributed by atoms with Gasteiger partial charge in [0.2, 0.25) is 0 Å². The Kier molecular flexibility index (Phi) is 8.06. The molecule has 0 aliphatic rings. The van der Waals surface area contributed by atoms with Gasteiger partial charge in [0.25, 0.3) is 5.91 Å². The Morgan fingerprint density at radius 3 is 2.47 bits per heavy atom. The van der Waals surface area contributed by atoms with Crippen LogP contribution in [0.4, 0.5) is 0 Å². The van der Waals surface area contributed by atoms with Gasteiger partial charge in [-0.3, -0.25) is 4.79 Å². The summed E-state index contributed by atoms with van der Waals surface area (Å²) in [7, 11) is 3.18. The molecule has 6 heteroatoms. The van der Waals surface area contributed by atoms with Crippen molar-refractivity contribution in [3.05, 3.63) is 89.4 Å². The van der Waals surface area contributed by atoms with E-state index < -0.39 is 0 Å². The minimum atomic E-state index is -0.269. The first-order valence-corrected chi connectivity index (χ1v) is 11.4. The molecule has 0 aliphatic carbocycles. The van der Waals surface area contributed by atoms with Gasteiger partial charge in [-0.15, -0.1) is 18.3 Å². The topological polar surface area (TPSA) is 60.7 Å². The summed E-state index contributed by atoms with van der Waals surface area (Å²) >= 11 is 1.71. The number of hydrogen-bond acceptors (Lipinski definition) is 5. The first-order chi connectivity index (χ1) is 15.5. The number of furan rings is 1. The van der Waals surface area contributed by atoms with Gasteiger partial charge in [0.05, 0.1) is 26.0 Å². The van der Waals surface area contributed by atoms with Crippen LogP contribution in [-0.4, -0.2) is 20.1 Å². The summed E-state index contributed by atoms with van der Waals surface area (Å²) in [5.41, 5.74) is 3.37. The lowest BCUT2D eigenvalue weighted by atomic mass is 10.0. The van der Waals surface area contributed by atoms with Gasteiger partial charge in [-0.25, -0.2) is 0 Å². The number of hydrogen-bond donors (Lipinski definition) is 1. The lowest BCUT2D eigenvalue weighted by Gasteiger charge is -2.18. The predicted octanol–water partition coefficient (Wildman–Crippen LogP) is 6.25. The average molecular weight is 452 g/mol. The van der Waals surface area contributed by atoms with E-state index in [1.54, 1.807) is 38.1 Å². The van der Waals surface area contributed by atoms with E-state index in [4.69, 9.17) is 13.9 Å². The highest BCUT2D eigenvalue weighted by Gasteiger charge is 2.19. The number of benzene rings is 2. The molecule has 1 N–H and O–H groups in total. The standard InChI is InChI=1S/C26H29NO4S/c1-6-8-21(19-11-13-22(29-4)24(15-19)30-5)27-26(28)23-14-12-20(31-23)16-32-25-17(2)9-7-10-18(25)3/h6-7,9-15,21H,1,8,16H2,2-5H3,(H,27,28). The van der Waals surface area contributed by atoms with Crippen molar-refractivity contribution in [3.8, 4) is 11.5 Å². The molecule has 0 fully saturated rings. The van der Waals surface area contributed by atoms with Crippen LogP contribution in [0.15, 0.2) is 70.5 Å². The maximum Gasteiger partial charge on any atom is 0.287 e. The second kappa shape index (κ2) is 11.0. The summed E-state index contributed by atoms with van der Waals surface area (Å²) in [5.74, 6) is 2.68. The molecule has 1 aromatic heterocycles. The monoisotopic (exact) mass is 451 g/mol. The summed E-state index contributed by atoms with van der Waals surface area (Å²) < 4.78 is 16.5. The highest BCUT2D eigenvalue weighted by molar-refractivity contribution is 7.98. The zero-order chi connectivity index (χ0) is 23.1. The fourth-order valence-electron chi connectivity index (χ4n) is 3.49. The molecule has 1 heterocycles. The van der Waals surface area contributed by atoms with Crippen molar-refractivity contribution in [3.63, 3.8) is 0 Å². The van der Waals surface area contributed by atoms with Crippen LogP contribution in [0, 0.1) is 13.8 Å². The lowest BCUT2D eigenvalue weighted by molar-refractivity contribution is 0.0907. The minimum Gasteiger partial charge on any atom is -0.493 e. The molecule has 1 amide bonds. The molecular weight excluding hydrogens is 422 g/mol. The molecule has 5 nitrogen and oxygen atoms in total. The number of rotatable bonds is 10. The Morgan fingerprint density at radius 1 is 1.09 bits per heavy atom. The van der Waals surface area contributed by atoms with Crippen molar-refractivity contribution >= 4 is 17.7 Å². The third kappa shape index (κ3) is 5.56. The Labute approximate surface area is 193 Å². The smallest absolute Gasteiger partial charge is 0.287 e. The van der Waals surface area contributed by atoms with Gasteiger partial charge in [-0.1, -0.05) is 30.3 Å². The van der Waals surface area contributed by atoms with Gasteiger partial charge in [0, 0.05) is 4.90 Å². The molecule has 1 atom stereocenters. The number of nitrogens with one attached hydrogen (secondary N) is 1. The molecule has 3 rings (SSSR count). The Bertz CT molecular complexity index is 1070. The summed E-state index contributed by atoms with van der Waals surface area (Å²) in [6.07, 6.45) is 2.34. The average Bonchev–Trinajstić information content (AvgIpc) is 3.27. The zero-order valence-electron chi connectivity index (χ0n) is 18.9. The van der Waals surface area contributed by atoms with Crippen LogP contribution in [0.1, 0.15) is 45.5 Å². The van der Waals surface area contributed by atoms with Gasteiger partial charge >= 0.3 is 0 Å². The van der Waals surface area contributed by atoms with E-state index in [9.17, 15) is 4.79 Å². The summed E-state index contributed by atoms with van der Waals surface area (Å²) in [6.45, 7) is 8.02. The van der Waals surface area contributed by atoms with Crippen LogP contribution in [0.2, 0.25) is 0 Å². The number of thioether (sulfide) groups is 1. The highest BCUT2D eigenvalue weighted by atomic mass is 32.2. The molecule has 168 valence electrons. The van der Waals surface area contributed by atoms with Crippen molar-refractivity contribution in [1.29, 1.82) is 0 Å². The SMILES string of the molecule is C=CCC(NC(=O)c1ccc(CSc2c(C)cccc2C)o1)c1ccc(OC)c(OC)c1. The van der Waals surface area contributed by atoms with E-state index >= 15 is 0 Å². The number of aryl methyl sites for hydroxylation is 2. The molecule has 2 aromatic carbocycles. The third-order valence-electron chi connectivity index (χ3n) is 5.17. The molecular formula is C26H29NO4S. The van der Waals surface area contributed by atoms with Gasteiger partial charge < -0.3 is 19.2 Å². The summed E-state index contributed by atoms with van der Waals surface area (Å²) in [6, 6.07) is 15.2. The van der Waals surface area contributed by atoms with E-state index in [0.717, 1.165) is 11.3 Å².